The highest BCUT2D eigenvalue weighted by molar-refractivity contribution is 5.94. The van der Waals surface area contributed by atoms with Crippen LogP contribution in [0.4, 0.5) is 0 Å². The highest BCUT2D eigenvalue weighted by atomic mass is 16.3. The van der Waals surface area contributed by atoms with Gasteiger partial charge < -0.3 is 10.0 Å². The van der Waals surface area contributed by atoms with E-state index < -0.39 is 0 Å². The lowest BCUT2D eigenvalue weighted by atomic mass is 9.85. The monoisotopic (exact) mass is 261 g/mol. The van der Waals surface area contributed by atoms with Gasteiger partial charge in [-0.1, -0.05) is 13.8 Å². The molecule has 19 heavy (non-hydrogen) atoms. The summed E-state index contributed by atoms with van der Waals surface area (Å²) in [6.07, 6.45) is 3.29. The summed E-state index contributed by atoms with van der Waals surface area (Å²) >= 11 is 0. The first-order chi connectivity index (χ1) is 8.89. The quantitative estimate of drug-likeness (QED) is 0.842. The third-order valence-electron chi connectivity index (χ3n) is 4.07. The van der Waals surface area contributed by atoms with Crippen LogP contribution in [0.1, 0.15) is 49.0 Å². The third-order valence-corrected chi connectivity index (χ3v) is 4.07. The number of hydrogen-bond donors (Lipinski definition) is 1. The molecule has 0 saturated carbocycles. The molecule has 1 aromatic rings. The minimum Gasteiger partial charge on any atom is -0.508 e. The van der Waals surface area contributed by atoms with E-state index in [1.54, 1.807) is 18.2 Å². The molecular formula is C16H23NO2. The second-order valence-corrected chi connectivity index (χ2v) is 6.31. The molecular weight excluding hydrogens is 238 g/mol. The smallest absolute Gasteiger partial charge is 0.253 e. The van der Waals surface area contributed by atoms with E-state index in [0.717, 1.165) is 31.5 Å². The molecule has 3 nitrogen and oxygen atoms in total. The van der Waals surface area contributed by atoms with Gasteiger partial charge in [0.15, 0.2) is 0 Å². The number of hydrogen-bond acceptors (Lipinski definition) is 2. The zero-order valence-corrected chi connectivity index (χ0v) is 12.1. The molecule has 0 aliphatic carbocycles. The van der Waals surface area contributed by atoms with E-state index in [0.29, 0.717) is 11.0 Å². The minimum absolute atomic E-state index is 0.0841. The lowest BCUT2D eigenvalue weighted by Gasteiger charge is -2.23. The Morgan fingerprint density at radius 2 is 2.00 bits per heavy atom. The molecule has 0 atom stereocenters. The Hall–Kier alpha value is -1.51. The van der Waals surface area contributed by atoms with Crippen LogP contribution in [-0.4, -0.2) is 29.0 Å². The fourth-order valence-electron chi connectivity index (χ4n) is 2.60. The Morgan fingerprint density at radius 1 is 1.26 bits per heavy atom. The van der Waals surface area contributed by atoms with Crippen LogP contribution in [0.3, 0.4) is 0 Å². The fraction of sp³-hybridized carbons (Fsp3) is 0.562. The van der Waals surface area contributed by atoms with Crippen molar-refractivity contribution in [2.24, 2.45) is 5.41 Å². The van der Waals surface area contributed by atoms with Crippen molar-refractivity contribution in [2.45, 2.75) is 40.0 Å². The molecule has 1 saturated heterocycles. The molecule has 0 aromatic heterocycles. The molecule has 3 heteroatoms. The summed E-state index contributed by atoms with van der Waals surface area (Å²) in [5.41, 5.74) is 1.76. The molecule has 1 fully saturated rings. The number of carbonyl (C=O) groups excluding carboxylic acids is 1. The second kappa shape index (κ2) is 5.24. The summed E-state index contributed by atoms with van der Waals surface area (Å²) in [7, 11) is 0. The van der Waals surface area contributed by atoms with Crippen LogP contribution in [0, 0.1) is 12.3 Å². The van der Waals surface area contributed by atoms with E-state index >= 15 is 0 Å². The predicted octanol–water partition coefficient (Wildman–Crippen LogP) is 3.35. The highest BCUT2D eigenvalue weighted by Crippen LogP contribution is 2.30. The third kappa shape index (κ3) is 3.28. The van der Waals surface area contributed by atoms with Crippen molar-refractivity contribution >= 4 is 5.91 Å². The minimum atomic E-state index is 0.0841. The lowest BCUT2D eigenvalue weighted by Crippen LogP contribution is -2.32. The van der Waals surface area contributed by atoms with Gasteiger partial charge in [-0.15, -0.1) is 0 Å². The maximum atomic E-state index is 12.5. The largest absolute Gasteiger partial charge is 0.508 e. The van der Waals surface area contributed by atoms with Gasteiger partial charge in [0, 0.05) is 18.7 Å². The van der Waals surface area contributed by atoms with Gasteiger partial charge in [-0.05, 0) is 55.4 Å². The number of benzene rings is 1. The van der Waals surface area contributed by atoms with Crippen LogP contribution in [0.5, 0.6) is 5.75 Å². The Balaban J connectivity index is 2.13. The van der Waals surface area contributed by atoms with Gasteiger partial charge in [-0.3, -0.25) is 4.79 Å². The summed E-state index contributed by atoms with van der Waals surface area (Å²) in [4.78, 5) is 14.4. The second-order valence-electron chi connectivity index (χ2n) is 6.31. The number of phenolic OH excluding ortho intramolecular Hbond substituents is 1. The van der Waals surface area contributed by atoms with Crippen LogP contribution in [0.25, 0.3) is 0 Å². The van der Waals surface area contributed by atoms with Crippen LogP contribution < -0.4 is 0 Å². The molecule has 0 unspecified atom stereocenters. The summed E-state index contributed by atoms with van der Waals surface area (Å²) < 4.78 is 0. The Labute approximate surface area is 115 Å². The number of nitrogens with zero attached hydrogens (tertiary/aromatic N) is 1. The van der Waals surface area contributed by atoms with E-state index in [-0.39, 0.29) is 11.7 Å². The predicted molar refractivity (Wildman–Crippen MR) is 76.4 cm³/mol. The molecule has 0 radical (unpaired) electrons. The van der Waals surface area contributed by atoms with Crippen molar-refractivity contribution < 1.29 is 9.90 Å². The van der Waals surface area contributed by atoms with Gasteiger partial charge in [-0.2, -0.15) is 0 Å². The number of aryl methyl sites for hydroxylation is 1. The van der Waals surface area contributed by atoms with Crippen molar-refractivity contribution in [2.75, 3.05) is 13.1 Å². The van der Waals surface area contributed by atoms with E-state index in [4.69, 9.17) is 0 Å². The molecule has 1 aliphatic heterocycles. The van der Waals surface area contributed by atoms with Crippen molar-refractivity contribution in [1.82, 2.24) is 4.90 Å². The fourth-order valence-corrected chi connectivity index (χ4v) is 2.60. The Bertz CT molecular complexity index is 480. The first-order valence-electron chi connectivity index (χ1n) is 6.98. The molecule has 0 bridgehead atoms. The molecule has 1 amide bonds. The molecule has 1 aliphatic rings. The van der Waals surface area contributed by atoms with Crippen molar-refractivity contribution in [3.8, 4) is 5.75 Å². The lowest BCUT2D eigenvalue weighted by molar-refractivity contribution is 0.0757. The van der Waals surface area contributed by atoms with Crippen LogP contribution in [-0.2, 0) is 0 Å². The Morgan fingerprint density at radius 3 is 2.68 bits per heavy atom. The summed E-state index contributed by atoms with van der Waals surface area (Å²) in [6, 6.07) is 5.08. The topological polar surface area (TPSA) is 40.5 Å². The maximum Gasteiger partial charge on any atom is 0.253 e. The normalized spacial score (nSPS) is 19.0. The standard InChI is InChI=1S/C16H23NO2/c1-12-11-13(5-6-14(12)18)15(19)17-9-4-7-16(2,3)8-10-17/h5-6,11,18H,4,7-10H2,1-3H3. The van der Waals surface area contributed by atoms with Crippen molar-refractivity contribution in [1.29, 1.82) is 0 Å². The number of amides is 1. The van der Waals surface area contributed by atoms with E-state index in [1.165, 1.54) is 6.42 Å². The maximum absolute atomic E-state index is 12.5. The molecule has 1 aromatic carbocycles. The van der Waals surface area contributed by atoms with E-state index in [2.05, 4.69) is 13.8 Å². The SMILES string of the molecule is Cc1cc(C(=O)N2CCCC(C)(C)CC2)ccc1O. The van der Waals surface area contributed by atoms with Crippen LogP contribution >= 0.6 is 0 Å². The summed E-state index contributed by atoms with van der Waals surface area (Å²) in [5, 5.41) is 9.52. The van der Waals surface area contributed by atoms with E-state index in [9.17, 15) is 9.90 Å². The average Bonchev–Trinajstić information content (AvgIpc) is 2.53. The van der Waals surface area contributed by atoms with Gasteiger partial charge in [0.2, 0.25) is 0 Å². The van der Waals surface area contributed by atoms with E-state index in [1.807, 2.05) is 11.8 Å². The zero-order valence-electron chi connectivity index (χ0n) is 12.1. The molecule has 104 valence electrons. The zero-order chi connectivity index (χ0) is 14.0. The highest BCUT2D eigenvalue weighted by Gasteiger charge is 2.25. The van der Waals surface area contributed by atoms with Gasteiger partial charge in [0.25, 0.3) is 5.91 Å². The van der Waals surface area contributed by atoms with Crippen LogP contribution in [0.15, 0.2) is 18.2 Å². The van der Waals surface area contributed by atoms with Gasteiger partial charge in [0.05, 0.1) is 0 Å². The molecule has 1 heterocycles. The number of rotatable bonds is 1. The van der Waals surface area contributed by atoms with Gasteiger partial charge >= 0.3 is 0 Å². The van der Waals surface area contributed by atoms with Crippen molar-refractivity contribution in [3.63, 3.8) is 0 Å². The summed E-state index contributed by atoms with van der Waals surface area (Å²) in [5.74, 6) is 0.328. The number of aromatic hydroxyl groups is 1. The molecule has 1 N–H and O–H groups in total. The number of likely N-dealkylation sites (tertiary alicyclic amines) is 1. The number of carbonyl (C=O) groups is 1. The first kappa shape index (κ1) is 13.9. The first-order valence-corrected chi connectivity index (χ1v) is 6.98. The van der Waals surface area contributed by atoms with Crippen molar-refractivity contribution in [3.05, 3.63) is 29.3 Å². The molecule has 0 spiro atoms. The van der Waals surface area contributed by atoms with Crippen LogP contribution in [0.2, 0.25) is 0 Å². The molecule has 2 rings (SSSR count). The Kier molecular flexibility index (Phi) is 3.83. The number of phenols is 1. The summed E-state index contributed by atoms with van der Waals surface area (Å²) in [6.45, 7) is 8.02. The van der Waals surface area contributed by atoms with Gasteiger partial charge in [-0.25, -0.2) is 0 Å². The average molecular weight is 261 g/mol. The van der Waals surface area contributed by atoms with Gasteiger partial charge in [0.1, 0.15) is 5.75 Å².